The largest absolute Gasteiger partial charge is 0.493 e. The zero-order valence-corrected chi connectivity index (χ0v) is 17.3. The van der Waals surface area contributed by atoms with Crippen LogP contribution in [0, 0.1) is 13.8 Å². The molecule has 8 heteroatoms. The van der Waals surface area contributed by atoms with Gasteiger partial charge in [0.15, 0.2) is 11.5 Å². The minimum Gasteiger partial charge on any atom is -0.493 e. The number of piperidine rings is 1. The highest BCUT2D eigenvalue weighted by Crippen LogP contribution is 2.35. The highest BCUT2D eigenvalue weighted by Gasteiger charge is 2.47. The predicted molar refractivity (Wildman–Crippen MR) is 110 cm³/mol. The molecule has 3 aliphatic heterocycles. The van der Waals surface area contributed by atoms with E-state index in [1.54, 1.807) is 20.5 Å². The Labute approximate surface area is 170 Å². The lowest BCUT2D eigenvalue weighted by Gasteiger charge is -2.56. The maximum Gasteiger partial charge on any atom is 0.318 e. The summed E-state index contributed by atoms with van der Waals surface area (Å²) >= 11 is 0. The van der Waals surface area contributed by atoms with Crippen LogP contribution in [-0.2, 0) is 6.54 Å². The molecule has 2 amide bonds. The van der Waals surface area contributed by atoms with Gasteiger partial charge in [0.2, 0.25) is 0 Å². The number of benzene rings is 1. The summed E-state index contributed by atoms with van der Waals surface area (Å²) in [6, 6.07) is 6.08. The number of aromatic nitrogens is 2. The van der Waals surface area contributed by atoms with E-state index in [4.69, 9.17) is 9.47 Å². The van der Waals surface area contributed by atoms with E-state index in [2.05, 4.69) is 27.1 Å². The summed E-state index contributed by atoms with van der Waals surface area (Å²) in [5, 5.41) is 3.04. The second kappa shape index (κ2) is 7.77. The molecule has 29 heavy (non-hydrogen) atoms. The number of urea groups is 1. The number of nitrogens with one attached hydrogen (secondary N) is 1. The number of ether oxygens (including phenoxy) is 2. The van der Waals surface area contributed by atoms with Gasteiger partial charge >= 0.3 is 6.03 Å². The minimum absolute atomic E-state index is 0.0173. The Hall–Kier alpha value is -3.03. The molecule has 0 saturated carbocycles. The van der Waals surface area contributed by atoms with Gasteiger partial charge in [0.25, 0.3) is 0 Å². The number of anilines is 1. The number of hydrogen-bond donors (Lipinski definition) is 1. The van der Waals surface area contributed by atoms with Crippen molar-refractivity contribution in [3.05, 3.63) is 41.3 Å². The molecular weight excluding hydrogens is 370 g/mol. The van der Waals surface area contributed by atoms with E-state index < -0.39 is 0 Å². The lowest BCUT2D eigenvalue weighted by atomic mass is 9.87. The van der Waals surface area contributed by atoms with Gasteiger partial charge in [-0.25, -0.2) is 14.8 Å². The summed E-state index contributed by atoms with van der Waals surface area (Å²) in [5.41, 5.74) is 3.08. The fourth-order valence-electron chi connectivity index (χ4n) is 4.22. The minimum atomic E-state index is -0.0173. The van der Waals surface area contributed by atoms with Gasteiger partial charge in [0, 0.05) is 30.9 Å². The van der Waals surface area contributed by atoms with Crippen molar-refractivity contribution in [2.24, 2.45) is 0 Å². The first-order valence-electron chi connectivity index (χ1n) is 9.82. The van der Waals surface area contributed by atoms with Crippen molar-refractivity contribution >= 4 is 11.8 Å². The fraction of sp³-hybridized carbons (Fsp3) is 0.476. The van der Waals surface area contributed by atoms with E-state index in [-0.39, 0.29) is 18.1 Å². The van der Waals surface area contributed by atoms with Gasteiger partial charge in [0.05, 0.1) is 26.3 Å². The van der Waals surface area contributed by atoms with E-state index in [0.717, 1.165) is 42.1 Å². The van der Waals surface area contributed by atoms with Crippen molar-refractivity contribution in [3.63, 3.8) is 0 Å². The third kappa shape index (κ3) is 3.54. The molecule has 2 aromatic rings. The number of rotatable bonds is 5. The summed E-state index contributed by atoms with van der Waals surface area (Å²) in [7, 11) is 3.21. The molecular formula is C21H27N5O3. The van der Waals surface area contributed by atoms with Gasteiger partial charge in [0.1, 0.15) is 12.1 Å². The van der Waals surface area contributed by atoms with E-state index in [0.29, 0.717) is 18.0 Å². The molecule has 1 aromatic heterocycles. The van der Waals surface area contributed by atoms with Crippen molar-refractivity contribution in [1.82, 2.24) is 20.2 Å². The third-order valence-corrected chi connectivity index (χ3v) is 5.93. The van der Waals surface area contributed by atoms with Crippen LogP contribution in [-0.4, -0.2) is 60.3 Å². The number of hydrogen-bond acceptors (Lipinski definition) is 6. The molecule has 1 N–H and O–H groups in total. The summed E-state index contributed by atoms with van der Waals surface area (Å²) in [4.78, 5) is 25.7. The number of methoxy groups -OCH3 is 2. The molecule has 0 radical (unpaired) electrons. The molecule has 1 aromatic carbocycles. The third-order valence-electron chi connectivity index (χ3n) is 5.93. The quantitative estimate of drug-likeness (QED) is 0.834. The Kier molecular flexibility index (Phi) is 5.17. The van der Waals surface area contributed by atoms with Crippen molar-refractivity contribution in [2.75, 3.05) is 32.2 Å². The van der Waals surface area contributed by atoms with Gasteiger partial charge in [-0.05, 0) is 38.0 Å². The number of piperazine rings is 1. The Balaban J connectivity index is 1.36. The number of fused-ring (bicyclic) bond motifs is 2. The van der Waals surface area contributed by atoms with E-state index in [1.165, 1.54) is 0 Å². The second-order valence-electron chi connectivity index (χ2n) is 7.61. The topological polar surface area (TPSA) is 79.8 Å². The molecule has 2 unspecified atom stereocenters. The zero-order chi connectivity index (χ0) is 20.5. The number of carbonyl (C=O) groups excluding carboxylic acids is 1. The van der Waals surface area contributed by atoms with Crippen LogP contribution in [0.25, 0.3) is 0 Å². The summed E-state index contributed by atoms with van der Waals surface area (Å²) in [6.07, 6.45) is 2.66. The fourth-order valence-corrected chi connectivity index (χ4v) is 4.22. The Bertz CT molecular complexity index is 907. The number of carbonyl (C=O) groups is 1. The van der Waals surface area contributed by atoms with Crippen LogP contribution < -0.4 is 19.7 Å². The highest BCUT2D eigenvalue weighted by molar-refractivity contribution is 5.76. The van der Waals surface area contributed by atoms with Crippen LogP contribution >= 0.6 is 0 Å². The van der Waals surface area contributed by atoms with Gasteiger partial charge < -0.3 is 24.6 Å². The van der Waals surface area contributed by atoms with E-state index in [1.807, 2.05) is 30.0 Å². The normalized spacial score (nSPS) is 20.1. The van der Waals surface area contributed by atoms with Crippen LogP contribution in [0.3, 0.4) is 0 Å². The summed E-state index contributed by atoms with van der Waals surface area (Å²) in [6.45, 7) is 6.11. The first-order valence-corrected chi connectivity index (χ1v) is 9.82. The molecule has 3 saturated heterocycles. The van der Waals surface area contributed by atoms with Crippen molar-refractivity contribution in [1.29, 1.82) is 0 Å². The van der Waals surface area contributed by atoms with Crippen LogP contribution in [0.5, 0.6) is 11.5 Å². The molecule has 3 aliphatic rings. The van der Waals surface area contributed by atoms with Gasteiger partial charge in [-0.3, -0.25) is 0 Å². The van der Waals surface area contributed by atoms with Crippen LogP contribution in [0.15, 0.2) is 24.5 Å². The first-order chi connectivity index (χ1) is 14.0. The van der Waals surface area contributed by atoms with Gasteiger partial charge in [-0.15, -0.1) is 0 Å². The molecule has 2 atom stereocenters. The average molecular weight is 397 g/mol. The highest BCUT2D eigenvalue weighted by atomic mass is 16.5. The summed E-state index contributed by atoms with van der Waals surface area (Å²) < 4.78 is 10.6. The molecule has 5 rings (SSSR count). The molecule has 4 heterocycles. The van der Waals surface area contributed by atoms with Crippen LogP contribution in [0.4, 0.5) is 10.6 Å². The van der Waals surface area contributed by atoms with Crippen LogP contribution in [0.2, 0.25) is 0 Å². The predicted octanol–water partition coefficient (Wildman–Crippen LogP) is 2.28. The Morgan fingerprint density at radius 1 is 1.14 bits per heavy atom. The number of aryl methyl sites for hydroxylation is 1. The maximum absolute atomic E-state index is 12.8. The lowest BCUT2D eigenvalue weighted by Crippen LogP contribution is -2.71. The standard InChI is InChI=1S/C21H27N5O3/c1-13-14(2)23-12-24-20(13)25-10-16-8-17(11-25)26(16)21(27)22-9-15-5-6-18(28-3)19(7-15)29-4/h5-7,12,16-17H,8-11H2,1-4H3,(H,22,27). The smallest absolute Gasteiger partial charge is 0.318 e. The van der Waals surface area contributed by atoms with Crippen molar-refractivity contribution in [2.45, 2.75) is 38.9 Å². The first kappa shape index (κ1) is 19.3. The Morgan fingerprint density at radius 2 is 1.86 bits per heavy atom. The molecule has 3 fully saturated rings. The summed E-state index contributed by atoms with van der Waals surface area (Å²) in [5.74, 6) is 2.32. The molecule has 8 nitrogen and oxygen atoms in total. The maximum atomic E-state index is 12.8. The SMILES string of the molecule is COc1ccc(CNC(=O)N2C3CC2CN(c2ncnc(C)c2C)C3)cc1OC. The van der Waals surface area contributed by atoms with E-state index >= 15 is 0 Å². The molecule has 0 aliphatic carbocycles. The molecule has 2 bridgehead atoms. The molecule has 154 valence electrons. The monoisotopic (exact) mass is 397 g/mol. The van der Waals surface area contributed by atoms with E-state index in [9.17, 15) is 4.79 Å². The molecule has 0 spiro atoms. The zero-order valence-electron chi connectivity index (χ0n) is 17.3. The van der Waals surface area contributed by atoms with Crippen molar-refractivity contribution < 1.29 is 14.3 Å². The van der Waals surface area contributed by atoms with Gasteiger partial charge in [-0.2, -0.15) is 0 Å². The Morgan fingerprint density at radius 3 is 2.55 bits per heavy atom. The van der Waals surface area contributed by atoms with Crippen molar-refractivity contribution in [3.8, 4) is 11.5 Å². The lowest BCUT2D eigenvalue weighted by molar-refractivity contribution is 0.0364. The average Bonchev–Trinajstić information content (AvgIpc) is 2.73. The van der Waals surface area contributed by atoms with Crippen LogP contribution in [0.1, 0.15) is 23.2 Å². The second-order valence-corrected chi connectivity index (χ2v) is 7.61. The van der Waals surface area contributed by atoms with Gasteiger partial charge in [-0.1, -0.05) is 6.07 Å². The number of amides is 2. The number of nitrogens with zero attached hydrogens (tertiary/aromatic N) is 4.